The molecule has 21 heavy (non-hydrogen) atoms. The predicted molar refractivity (Wildman–Crippen MR) is 80.3 cm³/mol. The van der Waals surface area contributed by atoms with Crippen LogP contribution < -0.4 is 0 Å². The Balaban J connectivity index is 2.17. The van der Waals surface area contributed by atoms with E-state index in [0.717, 1.165) is 5.69 Å². The summed E-state index contributed by atoms with van der Waals surface area (Å²) in [5, 5.41) is 5.03. The Morgan fingerprint density at radius 3 is 2.76 bits per heavy atom. The minimum atomic E-state index is -0.383. The number of aromatic nitrogens is 4. The molecular formula is C14H11Cl2FN4. The van der Waals surface area contributed by atoms with E-state index in [1.165, 1.54) is 12.3 Å². The van der Waals surface area contributed by atoms with E-state index in [-0.39, 0.29) is 17.0 Å². The molecule has 7 heteroatoms. The molecule has 108 valence electrons. The highest BCUT2D eigenvalue weighted by molar-refractivity contribution is 6.30. The fourth-order valence-corrected chi connectivity index (χ4v) is 2.56. The van der Waals surface area contributed by atoms with Gasteiger partial charge in [0.15, 0.2) is 5.65 Å². The van der Waals surface area contributed by atoms with Crippen molar-refractivity contribution in [2.75, 3.05) is 0 Å². The molecule has 0 aliphatic carbocycles. The van der Waals surface area contributed by atoms with Crippen molar-refractivity contribution < 1.29 is 4.39 Å². The summed E-state index contributed by atoms with van der Waals surface area (Å²) in [5.74, 6) is -0.383. The Labute approximate surface area is 130 Å². The van der Waals surface area contributed by atoms with Crippen LogP contribution in [-0.4, -0.2) is 19.7 Å². The second kappa shape index (κ2) is 5.24. The average Bonchev–Trinajstić information content (AvgIpc) is 2.75. The molecule has 2 aromatic heterocycles. The SMILES string of the molecule is Cc1nn([C@H](C)c2ccc(Cl)cc2F)c2nc(Cl)cnc12. The molecule has 2 heterocycles. The zero-order chi connectivity index (χ0) is 15.1. The standard InChI is InChI=1S/C14H11Cl2FN4/c1-7-13-14(19-12(16)6-18-13)21(20-7)8(2)10-4-3-9(15)5-11(10)17/h3-6,8H,1-2H3/t8-/m1/s1. The van der Waals surface area contributed by atoms with Crippen LogP contribution in [0.4, 0.5) is 4.39 Å². The van der Waals surface area contributed by atoms with Gasteiger partial charge in [-0.15, -0.1) is 0 Å². The van der Waals surface area contributed by atoms with Gasteiger partial charge in [-0.05, 0) is 26.0 Å². The Morgan fingerprint density at radius 2 is 2.05 bits per heavy atom. The van der Waals surface area contributed by atoms with Gasteiger partial charge in [0.1, 0.15) is 16.5 Å². The van der Waals surface area contributed by atoms with Crippen LogP contribution in [0, 0.1) is 12.7 Å². The molecule has 0 saturated heterocycles. The lowest BCUT2D eigenvalue weighted by Crippen LogP contribution is -2.11. The van der Waals surface area contributed by atoms with E-state index in [2.05, 4.69) is 15.1 Å². The minimum absolute atomic E-state index is 0.271. The number of halogens is 3. The summed E-state index contributed by atoms with van der Waals surface area (Å²) in [5.41, 5.74) is 2.38. The minimum Gasteiger partial charge on any atom is -0.248 e. The lowest BCUT2D eigenvalue weighted by molar-refractivity contribution is 0.528. The molecular weight excluding hydrogens is 314 g/mol. The quantitative estimate of drug-likeness (QED) is 0.709. The van der Waals surface area contributed by atoms with E-state index in [1.54, 1.807) is 16.8 Å². The molecule has 0 N–H and O–H groups in total. The van der Waals surface area contributed by atoms with Crippen molar-refractivity contribution in [3.05, 3.63) is 51.6 Å². The third-order valence-electron chi connectivity index (χ3n) is 3.32. The third kappa shape index (κ3) is 2.47. The topological polar surface area (TPSA) is 43.6 Å². The van der Waals surface area contributed by atoms with Crippen LogP contribution in [0.3, 0.4) is 0 Å². The number of nitrogens with zero attached hydrogens (tertiary/aromatic N) is 4. The van der Waals surface area contributed by atoms with Crippen molar-refractivity contribution in [2.45, 2.75) is 19.9 Å². The highest BCUT2D eigenvalue weighted by Gasteiger charge is 2.19. The van der Waals surface area contributed by atoms with E-state index in [0.29, 0.717) is 21.7 Å². The molecule has 3 rings (SSSR count). The summed E-state index contributed by atoms with van der Waals surface area (Å²) in [4.78, 5) is 8.47. The Kier molecular flexibility index (Phi) is 3.55. The van der Waals surface area contributed by atoms with Crippen molar-refractivity contribution >= 4 is 34.4 Å². The maximum Gasteiger partial charge on any atom is 0.179 e. The monoisotopic (exact) mass is 324 g/mol. The van der Waals surface area contributed by atoms with Gasteiger partial charge < -0.3 is 0 Å². The molecule has 0 radical (unpaired) electrons. The number of aryl methyl sites for hydroxylation is 1. The number of hydrogen-bond acceptors (Lipinski definition) is 3. The van der Waals surface area contributed by atoms with Gasteiger partial charge in [0.05, 0.1) is 17.9 Å². The maximum atomic E-state index is 14.1. The lowest BCUT2D eigenvalue weighted by atomic mass is 10.1. The highest BCUT2D eigenvalue weighted by Crippen LogP contribution is 2.27. The molecule has 0 fully saturated rings. The normalized spacial score (nSPS) is 12.8. The second-order valence-corrected chi connectivity index (χ2v) is 5.56. The lowest BCUT2D eigenvalue weighted by Gasteiger charge is -2.14. The fraction of sp³-hybridized carbons (Fsp3) is 0.214. The van der Waals surface area contributed by atoms with Crippen molar-refractivity contribution in [1.82, 2.24) is 19.7 Å². The molecule has 0 bridgehead atoms. The van der Waals surface area contributed by atoms with Crippen molar-refractivity contribution in [3.8, 4) is 0 Å². The zero-order valence-corrected chi connectivity index (χ0v) is 12.8. The Hall–Kier alpha value is -1.72. The maximum absolute atomic E-state index is 14.1. The Bertz CT molecular complexity index is 831. The molecule has 0 unspecified atom stereocenters. The number of benzene rings is 1. The third-order valence-corrected chi connectivity index (χ3v) is 3.74. The van der Waals surface area contributed by atoms with Gasteiger partial charge in [-0.1, -0.05) is 29.3 Å². The summed E-state index contributed by atoms with van der Waals surface area (Å²) >= 11 is 11.7. The smallest absolute Gasteiger partial charge is 0.179 e. The van der Waals surface area contributed by atoms with Crippen LogP contribution in [0.25, 0.3) is 11.2 Å². The van der Waals surface area contributed by atoms with E-state index < -0.39 is 0 Å². The van der Waals surface area contributed by atoms with Gasteiger partial charge in [0.25, 0.3) is 0 Å². The molecule has 0 saturated carbocycles. The van der Waals surface area contributed by atoms with Crippen molar-refractivity contribution in [2.24, 2.45) is 0 Å². The first-order valence-corrected chi connectivity index (χ1v) is 7.05. The summed E-state index contributed by atoms with van der Waals surface area (Å²) in [7, 11) is 0. The van der Waals surface area contributed by atoms with Crippen molar-refractivity contribution in [1.29, 1.82) is 0 Å². The number of fused-ring (bicyclic) bond motifs is 1. The van der Waals surface area contributed by atoms with Gasteiger partial charge in [0, 0.05) is 10.6 Å². The van der Waals surface area contributed by atoms with E-state index in [1.807, 2.05) is 13.8 Å². The van der Waals surface area contributed by atoms with E-state index in [9.17, 15) is 4.39 Å². The van der Waals surface area contributed by atoms with Crippen LogP contribution in [0.5, 0.6) is 0 Å². The number of hydrogen-bond donors (Lipinski definition) is 0. The van der Waals surface area contributed by atoms with Gasteiger partial charge in [-0.25, -0.2) is 19.0 Å². The fourth-order valence-electron chi connectivity index (χ4n) is 2.27. The van der Waals surface area contributed by atoms with E-state index in [4.69, 9.17) is 23.2 Å². The summed E-state index contributed by atoms with van der Waals surface area (Å²) in [6.45, 7) is 3.66. The zero-order valence-electron chi connectivity index (χ0n) is 11.3. The first kappa shape index (κ1) is 14.2. The first-order chi connectivity index (χ1) is 9.97. The van der Waals surface area contributed by atoms with Crippen LogP contribution >= 0.6 is 23.2 Å². The van der Waals surface area contributed by atoms with Gasteiger partial charge in [0.2, 0.25) is 0 Å². The Morgan fingerprint density at radius 1 is 1.29 bits per heavy atom. The molecule has 3 aromatic rings. The van der Waals surface area contributed by atoms with Crippen LogP contribution in [0.15, 0.2) is 24.4 Å². The first-order valence-electron chi connectivity index (χ1n) is 6.29. The van der Waals surface area contributed by atoms with Gasteiger partial charge in [-0.3, -0.25) is 0 Å². The van der Waals surface area contributed by atoms with Crippen LogP contribution in [-0.2, 0) is 0 Å². The predicted octanol–water partition coefficient (Wildman–Crippen LogP) is 4.19. The number of rotatable bonds is 2. The highest BCUT2D eigenvalue weighted by atomic mass is 35.5. The second-order valence-electron chi connectivity index (χ2n) is 4.74. The van der Waals surface area contributed by atoms with E-state index >= 15 is 0 Å². The van der Waals surface area contributed by atoms with Gasteiger partial charge >= 0.3 is 0 Å². The molecule has 4 nitrogen and oxygen atoms in total. The average molecular weight is 325 g/mol. The van der Waals surface area contributed by atoms with Crippen LogP contribution in [0.1, 0.15) is 24.2 Å². The molecule has 0 amide bonds. The van der Waals surface area contributed by atoms with Gasteiger partial charge in [-0.2, -0.15) is 5.10 Å². The molecule has 0 spiro atoms. The largest absolute Gasteiger partial charge is 0.248 e. The molecule has 0 aliphatic rings. The van der Waals surface area contributed by atoms with Crippen LogP contribution in [0.2, 0.25) is 10.2 Å². The molecule has 0 aliphatic heterocycles. The summed E-state index contributed by atoms with van der Waals surface area (Å²) in [6, 6.07) is 4.22. The molecule has 1 aromatic carbocycles. The van der Waals surface area contributed by atoms with Crippen molar-refractivity contribution in [3.63, 3.8) is 0 Å². The summed E-state index contributed by atoms with van der Waals surface area (Å²) in [6.07, 6.45) is 1.47. The molecule has 1 atom stereocenters. The summed E-state index contributed by atoms with van der Waals surface area (Å²) < 4.78 is 15.7.